The molecule has 6 nitrogen and oxygen atoms in total. The zero-order chi connectivity index (χ0) is 18.7. The van der Waals surface area contributed by atoms with Crippen molar-refractivity contribution in [2.45, 2.75) is 25.2 Å². The lowest BCUT2D eigenvalue weighted by atomic mass is 9.89. The first-order valence-electron chi connectivity index (χ1n) is 8.42. The minimum atomic E-state index is -2.13. The van der Waals surface area contributed by atoms with Crippen molar-refractivity contribution in [2.75, 3.05) is 18.6 Å². The van der Waals surface area contributed by atoms with Crippen molar-refractivity contribution in [3.63, 3.8) is 0 Å². The third-order valence-electron chi connectivity index (χ3n) is 4.45. The maximum absolute atomic E-state index is 12.8. The maximum atomic E-state index is 12.8. The Hall–Kier alpha value is -2.70. The summed E-state index contributed by atoms with van der Waals surface area (Å²) in [5.41, 5.74) is -0.444. The van der Waals surface area contributed by atoms with Gasteiger partial charge in [-0.25, -0.2) is 4.79 Å². The number of rotatable bonds is 6. The van der Waals surface area contributed by atoms with Gasteiger partial charge in [0.05, 0.1) is 18.9 Å². The van der Waals surface area contributed by atoms with Crippen molar-refractivity contribution >= 4 is 17.6 Å². The van der Waals surface area contributed by atoms with Gasteiger partial charge in [0.1, 0.15) is 0 Å². The van der Waals surface area contributed by atoms with E-state index in [1.165, 1.54) is 4.90 Å². The summed E-state index contributed by atoms with van der Waals surface area (Å²) >= 11 is 0. The van der Waals surface area contributed by atoms with Crippen LogP contribution >= 0.6 is 0 Å². The molecule has 2 atom stereocenters. The van der Waals surface area contributed by atoms with Crippen LogP contribution in [0.3, 0.4) is 0 Å². The van der Waals surface area contributed by atoms with Crippen LogP contribution in [0, 0.1) is 0 Å². The van der Waals surface area contributed by atoms with Crippen molar-refractivity contribution in [1.29, 1.82) is 0 Å². The number of hydrogen-bond donors (Lipinski definition) is 1. The summed E-state index contributed by atoms with van der Waals surface area (Å²) in [7, 11) is 1.55. The number of fused-ring (bicyclic) bond motifs is 1. The molecule has 26 heavy (non-hydrogen) atoms. The number of nitrogens with zero attached hydrogens (tertiary/aromatic N) is 1. The number of esters is 1. The van der Waals surface area contributed by atoms with E-state index < -0.39 is 23.6 Å². The van der Waals surface area contributed by atoms with Gasteiger partial charge in [-0.2, -0.15) is 0 Å². The lowest BCUT2D eigenvalue weighted by molar-refractivity contribution is -0.184. The van der Waals surface area contributed by atoms with Gasteiger partial charge in [-0.3, -0.25) is 4.79 Å². The minimum absolute atomic E-state index is 0.0613. The van der Waals surface area contributed by atoms with Gasteiger partial charge in [0.15, 0.2) is 6.10 Å². The van der Waals surface area contributed by atoms with Crippen molar-refractivity contribution in [1.82, 2.24) is 0 Å². The number of anilines is 1. The van der Waals surface area contributed by atoms with Crippen LogP contribution in [0.5, 0.6) is 0 Å². The third kappa shape index (κ3) is 2.98. The first kappa shape index (κ1) is 18.1. The van der Waals surface area contributed by atoms with Gasteiger partial charge in [0.2, 0.25) is 5.60 Å². The smallest absolute Gasteiger partial charge is 0.339 e. The molecule has 0 saturated heterocycles. The van der Waals surface area contributed by atoms with E-state index >= 15 is 0 Å². The van der Waals surface area contributed by atoms with Crippen molar-refractivity contribution in [3.05, 3.63) is 65.7 Å². The second kappa shape index (κ2) is 7.27. The van der Waals surface area contributed by atoms with Crippen LogP contribution in [0.15, 0.2) is 54.6 Å². The van der Waals surface area contributed by atoms with Crippen LogP contribution in [-0.2, 0) is 31.3 Å². The Morgan fingerprint density at radius 2 is 1.81 bits per heavy atom. The van der Waals surface area contributed by atoms with E-state index in [1.807, 2.05) is 30.3 Å². The summed E-state index contributed by atoms with van der Waals surface area (Å²) in [6.45, 7) is 1.84. The molecular formula is C20H21NO5. The first-order chi connectivity index (χ1) is 12.5. The lowest BCUT2D eigenvalue weighted by Crippen LogP contribution is -2.53. The Labute approximate surface area is 152 Å². The number of benzene rings is 2. The highest BCUT2D eigenvalue weighted by Crippen LogP contribution is 2.42. The molecule has 2 aromatic rings. The van der Waals surface area contributed by atoms with E-state index in [2.05, 4.69) is 0 Å². The van der Waals surface area contributed by atoms with E-state index in [0.29, 0.717) is 11.3 Å². The molecule has 1 N–H and O–H groups in total. The SMILES string of the molecule is CCOC(=O)[C@H](OCc1ccccc1)[C@]1(O)C(=O)N(C)c2ccccc21. The topological polar surface area (TPSA) is 76.1 Å². The monoisotopic (exact) mass is 355 g/mol. The molecule has 0 aromatic heterocycles. The number of amides is 1. The maximum Gasteiger partial charge on any atom is 0.339 e. The predicted octanol–water partition coefficient (Wildman–Crippen LogP) is 2.00. The van der Waals surface area contributed by atoms with Crippen LogP contribution in [0.1, 0.15) is 18.1 Å². The molecule has 1 aliphatic heterocycles. The molecule has 0 bridgehead atoms. The Balaban J connectivity index is 1.98. The fraction of sp³-hybridized carbons (Fsp3) is 0.300. The predicted molar refractivity (Wildman–Crippen MR) is 95.4 cm³/mol. The molecule has 0 fully saturated rings. The summed E-state index contributed by atoms with van der Waals surface area (Å²) in [6, 6.07) is 16.0. The number of carbonyl (C=O) groups is 2. The Bertz CT molecular complexity index is 807. The van der Waals surface area contributed by atoms with Gasteiger partial charge in [0, 0.05) is 12.6 Å². The summed E-state index contributed by atoms with van der Waals surface area (Å²) in [5, 5.41) is 11.3. The second-order valence-electron chi connectivity index (χ2n) is 6.08. The van der Waals surface area contributed by atoms with E-state index in [1.54, 1.807) is 38.2 Å². The standard InChI is InChI=1S/C20H21NO5/c1-3-25-18(22)17(26-13-14-9-5-4-6-10-14)20(24)15-11-7-8-12-16(15)21(2)19(20)23/h4-12,17,24H,3,13H2,1-2H3/t17-,20-/m0/s1. The second-order valence-corrected chi connectivity index (χ2v) is 6.08. The molecule has 0 saturated carbocycles. The molecule has 2 aromatic carbocycles. The van der Waals surface area contributed by atoms with Crippen molar-refractivity contribution < 1.29 is 24.2 Å². The number of likely N-dealkylation sites (N-methyl/N-ethyl adjacent to an activating group) is 1. The van der Waals surface area contributed by atoms with Crippen LogP contribution in [0.4, 0.5) is 5.69 Å². The summed E-state index contributed by atoms with van der Waals surface area (Å²) < 4.78 is 10.8. The molecule has 3 rings (SSSR count). The van der Waals surface area contributed by atoms with Crippen LogP contribution in [-0.4, -0.2) is 36.7 Å². The fourth-order valence-corrected chi connectivity index (χ4v) is 3.15. The molecule has 1 amide bonds. The Morgan fingerprint density at radius 3 is 2.50 bits per heavy atom. The van der Waals surface area contributed by atoms with Gasteiger partial charge in [0.25, 0.3) is 5.91 Å². The van der Waals surface area contributed by atoms with Crippen LogP contribution in [0.25, 0.3) is 0 Å². The molecule has 6 heteroatoms. The van der Waals surface area contributed by atoms with Gasteiger partial charge in [-0.1, -0.05) is 48.5 Å². The summed E-state index contributed by atoms with van der Waals surface area (Å²) in [5.74, 6) is -1.39. The molecular weight excluding hydrogens is 334 g/mol. The summed E-state index contributed by atoms with van der Waals surface area (Å²) in [6.07, 6.45) is -1.47. The molecule has 136 valence electrons. The highest BCUT2D eigenvalue weighted by molar-refractivity contribution is 6.09. The normalized spacial score (nSPS) is 20.0. The molecule has 0 radical (unpaired) electrons. The number of hydrogen-bond acceptors (Lipinski definition) is 5. The van der Waals surface area contributed by atoms with Crippen LogP contribution < -0.4 is 4.90 Å². The third-order valence-corrected chi connectivity index (χ3v) is 4.45. The molecule has 0 spiro atoms. The quantitative estimate of drug-likeness (QED) is 0.802. The van der Waals surface area contributed by atoms with Gasteiger partial charge < -0.3 is 19.5 Å². The van der Waals surface area contributed by atoms with Crippen molar-refractivity contribution in [2.24, 2.45) is 0 Å². The molecule has 1 aliphatic rings. The number of ether oxygens (including phenoxy) is 2. The Kier molecular flexibility index (Phi) is 5.06. The van der Waals surface area contributed by atoms with E-state index in [4.69, 9.17) is 9.47 Å². The van der Waals surface area contributed by atoms with Gasteiger partial charge in [-0.15, -0.1) is 0 Å². The number of para-hydroxylation sites is 1. The Morgan fingerprint density at radius 1 is 1.15 bits per heavy atom. The highest BCUT2D eigenvalue weighted by atomic mass is 16.6. The van der Waals surface area contributed by atoms with Gasteiger partial charge >= 0.3 is 5.97 Å². The van der Waals surface area contributed by atoms with Crippen LogP contribution in [0.2, 0.25) is 0 Å². The van der Waals surface area contributed by atoms with Crippen molar-refractivity contribution in [3.8, 4) is 0 Å². The molecule has 1 heterocycles. The fourth-order valence-electron chi connectivity index (χ4n) is 3.15. The lowest BCUT2D eigenvalue weighted by Gasteiger charge is -2.29. The van der Waals surface area contributed by atoms with E-state index in [9.17, 15) is 14.7 Å². The minimum Gasteiger partial charge on any atom is -0.464 e. The van der Waals surface area contributed by atoms with E-state index in [-0.39, 0.29) is 13.2 Å². The zero-order valence-electron chi connectivity index (χ0n) is 14.7. The largest absolute Gasteiger partial charge is 0.464 e. The average molecular weight is 355 g/mol. The molecule has 0 aliphatic carbocycles. The first-order valence-corrected chi connectivity index (χ1v) is 8.42. The van der Waals surface area contributed by atoms with E-state index in [0.717, 1.165) is 5.56 Å². The van der Waals surface area contributed by atoms with Gasteiger partial charge in [-0.05, 0) is 18.6 Å². The number of carbonyl (C=O) groups excluding carboxylic acids is 2. The average Bonchev–Trinajstić information content (AvgIpc) is 2.86. The number of aliphatic hydroxyl groups is 1. The summed E-state index contributed by atoms with van der Waals surface area (Å²) in [4.78, 5) is 26.7. The highest BCUT2D eigenvalue weighted by Gasteiger charge is 2.57. The zero-order valence-corrected chi connectivity index (χ0v) is 14.7. The molecule has 0 unspecified atom stereocenters.